The van der Waals surface area contributed by atoms with Crippen molar-refractivity contribution < 1.29 is 47.7 Å². The van der Waals surface area contributed by atoms with E-state index in [0.29, 0.717) is 43.5 Å². The van der Waals surface area contributed by atoms with Crippen LogP contribution in [0, 0.1) is 10.8 Å². The fourth-order valence-corrected chi connectivity index (χ4v) is 7.62. The molecule has 1 unspecified atom stereocenters. The molecule has 0 aromatic heterocycles. The minimum Gasteiger partial charge on any atom is -0.494 e. The standard InChI is InChI=1S/C49H60O10/c1-4-42-45-27-40(58-47(50)37-13-17-39(18-14-37)56-26-10-9-24-52-31-49(3)34-54-35-49)19-21-43(45)44-22-20-41(28-46(42)44)59-57-29-36-11-15-38(16-12-36)55-25-8-6-5-7-23-51-30-48(2)32-53-33-48/h11-22,27-28,42H,4-10,23-26,29-35H2,1-3H3. The van der Waals surface area contributed by atoms with E-state index in [1.165, 1.54) is 0 Å². The zero-order chi connectivity index (χ0) is 40.9. The number of ether oxygens (including phenoxy) is 7. The van der Waals surface area contributed by atoms with Crippen molar-refractivity contribution >= 4 is 5.97 Å². The first kappa shape index (κ1) is 42.7. The van der Waals surface area contributed by atoms with Crippen molar-refractivity contribution in [3.05, 3.63) is 107 Å². The van der Waals surface area contributed by atoms with Gasteiger partial charge in [0, 0.05) is 30.0 Å². The minimum absolute atomic E-state index is 0.133. The summed E-state index contributed by atoms with van der Waals surface area (Å²) in [5.41, 5.74) is 6.42. The zero-order valence-corrected chi connectivity index (χ0v) is 35.0. The van der Waals surface area contributed by atoms with E-state index < -0.39 is 5.97 Å². The van der Waals surface area contributed by atoms with E-state index in [9.17, 15) is 4.79 Å². The number of unbranched alkanes of at least 4 members (excludes halogenated alkanes) is 4. The van der Waals surface area contributed by atoms with Gasteiger partial charge in [0.25, 0.3) is 0 Å². The first-order valence-corrected chi connectivity index (χ1v) is 21.4. The second-order valence-electron chi connectivity index (χ2n) is 16.9. The topological polar surface area (TPSA) is 100 Å². The Morgan fingerprint density at radius 3 is 1.66 bits per heavy atom. The number of esters is 1. The number of hydrogen-bond acceptors (Lipinski definition) is 10. The van der Waals surface area contributed by atoms with Crippen LogP contribution < -0.4 is 19.1 Å². The molecule has 0 bridgehead atoms. The third kappa shape index (κ3) is 11.9. The van der Waals surface area contributed by atoms with Crippen LogP contribution in [0.15, 0.2) is 84.9 Å². The Balaban J connectivity index is 0.800. The van der Waals surface area contributed by atoms with Crippen LogP contribution in [0.2, 0.25) is 0 Å². The molecular formula is C49H60O10. The van der Waals surface area contributed by atoms with Crippen molar-refractivity contribution in [1.29, 1.82) is 0 Å². The molecular weight excluding hydrogens is 749 g/mol. The third-order valence-electron chi connectivity index (χ3n) is 11.2. The Morgan fingerprint density at radius 2 is 1.10 bits per heavy atom. The van der Waals surface area contributed by atoms with E-state index in [1.54, 1.807) is 12.1 Å². The molecule has 0 N–H and O–H groups in total. The number of fused-ring (bicyclic) bond motifs is 3. The maximum absolute atomic E-state index is 13.1. The van der Waals surface area contributed by atoms with Gasteiger partial charge in [-0.3, -0.25) is 0 Å². The van der Waals surface area contributed by atoms with Crippen LogP contribution in [0.1, 0.15) is 98.7 Å². The molecule has 316 valence electrons. The molecule has 1 atom stereocenters. The number of carbonyl (C=O) groups is 1. The molecule has 4 aromatic carbocycles. The lowest BCUT2D eigenvalue weighted by atomic mass is 9.90. The third-order valence-corrected chi connectivity index (χ3v) is 11.2. The average molecular weight is 809 g/mol. The predicted octanol–water partition coefficient (Wildman–Crippen LogP) is 10.1. The molecule has 2 fully saturated rings. The Labute approximate surface area is 349 Å². The van der Waals surface area contributed by atoms with Crippen LogP contribution in [0.4, 0.5) is 0 Å². The van der Waals surface area contributed by atoms with Gasteiger partial charge in [-0.1, -0.05) is 51.5 Å². The SMILES string of the molecule is CCC1c2cc(OOCc3ccc(OCCCCCCOCC4(C)COC4)cc3)ccc2-c2ccc(OC(=O)c3ccc(OCCCCOCC4(C)COC4)cc3)cc21. The fourth-order valence-electron chi connectivity index (χ4n) is 7.62. The van der Waals surface area contributed by atoms with Crippen molar-refractivity contribution in [2.24, 2.45) is 10.8 Å². The lowest BCUT2D eigenvalue weighted by Crippen LogP contribution is -2.43. The highest BCUT2D eigenvalue weighted by atomic mass is 17.2. The van der Waals surface area contributed by atoms with Crippen molar-refractivity contribution in [3.63, 3.8) is 0 Å². The molecule has 10 heteroatoms. The summed E-state index contributed by atoms with van der Waals surface area (Å²) in [5, 5.41) is 0. The minimum atomic E-state index is -0.411. The molecule has 2 aliphatic heterocycles. The molecule has 0 saturated carbocycles. The molecule has 0 radical (unpaired) electrons. The van der Waals surface area contributed by atoms with Gasteiger partial charge >= 0.3 is 5.97 Å². The van der Waals surface area contributed by atoms with Crippen molar-refractivity contribution in [2.45, 2.75) is 78.2 Å². The molecule has 0 spiro atoms. The first-order chi connectivity index (χ1) is 28.8. The fraction of sp³-hybridized carbons (Fsp3) is 0.490. The van der Waals surface area contributed by atoms with Gasteiger partial charge in [0.05, 0.1) is 58.4 Å². The molecule has 59 heavy (non-hydrogen) atoms. The van der Waals surface area contributed by atoms with Crippen molar-refractivity contribution in [2.75, 3.05) is 66.1 Å². The molecule has 2 heterocycles. The van der Waals surface area contributed by atoms with Crippen LogP contribution in [-0.2, 0) is 30.4 Å². The summed E-state index contributed by atoms with van der Waals surface area (Å²) < 4.78 is 39.8. The first-order valence-electron chi connectivity index (χ1n) is 21.4. The summed E-state index contributed by atoms with van der Waals surface area (Å²) in [6.07, 6.45) is 7.06. The predicted molar refractivity (Wildman–Crippen MR) is 225 cm³/mol. The largest absolute Gasteiger partial charge is 0.494 e. The van der Waals surface area contributed by atoms with Crippen LogP contribution in [-0.4, -0.2) is 72.0 Å². The van der Waals surface area contributed by atoms with Crippen LogP contribution in [0.25, 0.3) is 11.1 Å². The summed E-state index contributed by atoms with van der Waals surface area (Å²) in [5.74, 6) is 2.45. The lowest BCUT2D eigenvalue weighted by Gasteiger charge is -2.37. The number of rotatable bonds is 25. The van der Waals surface area contributed by atoms with E-state index in [2.05, 4.69) is 26.8 Å². The van der Waals surface area contributed by atoms with Gasteiger partial charge in [-0.25, -0.2) is 4.79 Å². The van der Waals surface area contributed by atoms with Crippen LogP contribution in [0.5, 0.6) is 23.0 Å². The summed E-state index contributed by atoms with van der Waals surface area (Å²) in [7, 11) is 0. The van der Waals surface area contributed by atoms with Crippen LogP contribution in [0.3, 0.4) is 0 Å². The Kier molecular flexibility index (Phi) is 15.0. The molecule has 4 aromatic rings. The highest BCUT2D eigenvalue weighted by molar-refractivity contribution is 5.91. The second kappa shape index (κ2) is 20.7. The van der Waals surface area contributed by atoms with Gasteiger partial charge in [-0.05, 0) is 127 Å². The van der Waals surface area contributed by atoms with Crippen molar-refractivity contribution in [3.8, 4) is 34.1 Å². The highest BCUT2D eigenvalue weighted by Crippen LogP contribution is 2.48. The maximum atomic E-state index is 13.1. The van der Waals surface area contributed by atoms with Gasteiger partial charge in [0.15, 0.2) is 5.75 Å². The van der Waals surface area contributed by atoms with Crippen LogP contribution >= 0.6 is 0 Å². The molecule has 1 aliphatic carbocycles. The van der Waals surface area contributed by atoms with E-state index in [-0.39, 0.29) is 16.7 Å². The summed E-state index contributed by atoms with van der Waals surface area (Å²) in [6.45, 7) is 14.4. The Morgan fingerprint density at radius 1 is 0.610 bits per heavy atom. The number of benzene rings is 4. The Bertz CT molecular complexity index is 1930. The van der Waals surface area contributed by atoms with Gasteiger partial charge in [-0.2, -0.15) is 4.89 Å². The average Bonchev–Trinajstić information content (AvgIpc) is 3.54. The highest BCUT2D eigenvalue weighted by Gasteiger charge is 2.34. The monoisotopic (exact) mass is 808 g/mol. The molecule has 3 aliphatic rings. The molecule has 7 rings (SSSR count). The van der Waals surface area contributed by atoms with E-state index in [0.717, 1.165) is 131 Å². The maximum Gasteiger partial charge on any atom is 0.343 e. The quantitative estimate of drug-likeness (QED) is 0.0212. The smallest absolute Gasteiger partial charge is 0.343 e. The van der Waals surface area contributed by atoms with E-state index in [4.69, 9.17) is 42.9 Å². The zero-order valence-electron chi connectivity index (χ0n) is 35.0. The molecule has 2 saturated heterocycles. The Hall–Kier alpha value is -4.45. The second-order valence-corrected chi connectivity index (χ2v) is 16.9. The number of carbonyl (C=O) groups excluding carboxylic acids is 1. The van der Waals surface area contributed by atoms with Gasteiger partial charge in [-0.15, -0.1) is 0 Å². The van der Waals surface area contributed by atoms with Gasteiger partial charge < -0.3 is 38.0 Å². The van der Waals surface area contributed by atoms with Crippen molar-refractivity contribution in [1.82, 2.24) is 0 Å². The summed E-state index contributed by atoms with van der Waals surface area (Å²) in [6, 6.07) is 27.0. The van der Waals surface area contributed by atoms with E-state index >= 15 is 0 Å². The number of hydrogen-bond donors (Lipinski definition) is 0. The lowest BCUT2D eigenvalue weighted by molar-refractivity contribution is -0.217. The van der Waals surface area contributed by atoms with Gasteiger partial charge in [0.1, 0.15) is 23.9 Å². The summed E-state index contributed by atoms with van der Waals surface area (Å²) in [4.78, 5) is 24.5. The normalized spacial score (nSPS) is 17.0. The van der Waals surface area contributed by atoms with E-state index in [1.807, 2.05) is 66.7 Å². The summed E-state index contributed by atoms with van der Waals surface area (Å²) >= 11 is 0. The van der Waals surface area contributed by atoms with Gasteiger partial charge in [0.2, 0.25) is 0 Å². The molecule has 0 amide bonds. The molecule has 10 nitrogen and oxygen atoms in total.